The molecular weight excluding hydrogens is 364 g/mol. The Morgan fingerprint density at radius 2 is 2.12 bits per heavy atom. The van der Waals surface area contributed by atoms with E-state index in [-0.39, 0.29) is 0 Å². The molecule has 0 saturated carbocycles. The van der Waals surface area contributed by atoms with Gasteiger partial charge in [-0.1, -0.05) is 6.07 Å². The molecule has 0 unspecified atom stereocenters. The zero-order chi connectivity index (χ0) is 12.3. The molecule has 0 aromatic carbocycles. The van der Waals surface area contributed by atoms with E-state index in [1.54, 1.807) is 11.3 Å². The molecule has 0 atom stereocenters. The fourth-order valence-corrected chi connectivity index (χ4v) is 3.56. The first-order valence-corrected chi connectivity index (χ1v) is 7.61. The average molecular weight is 376 g/mol. The molecular formula is C12H12Br2N2S. The highest BCUT2D eigenvalue weighted by atomic mass is 79.9. The Kier molecular flexibility index (Phi) is 4.73. The van der Waals surface area contributed by atoms with E-state index < -0.39 is 0 Å². The summed E-state index contributed by atoms with van der Waals surface area (Å²) < 4.78 is 2.27. The number of hydrogen-bond acceptors (Lipinski definition) is 3. The van der Waals surface area contributed by atoms with Crippen molar-refractivity contribution in [3.8, 4) is 0 Å². The molecule has 2 aromatic heterocycles. The van der Waals surface area contributed by atoms with Gasteiger partial charge in [-0.15, -0.1) is 11.3 Å². The van der Waals surface area contributed by atoms with E-state index in [1.165, 1.54) is 10.4 Å². The van der Waals surface area contributed by atoms with Crippen molar-refractivity contribution >= 4 is 43.2 Å². The second kappa shape index (κ2) is 6.09. The Hall–Kier alpha value is -0.230. The number of nitrogens with zero attached hydrogens (tertiary/aromatic N) is 1. The van der Waals surface area contributed by atoms with Gasteiger partial charge in [0, 0.05) is 34.3 Å². The van der Waals surface area contributed by atoms with Crippen LogP contribution in [0.1, 0.15) is 16.1 Å². The van der Waals surface area contributed by atoms with Crippen LogP contribution in [-0.4, -0.2) is 4.98 Å². The summed E-state index contributed by atoms with van der Waals surface area (Å²) in [5, 5.41) is 3.41. The maximum absolute atomic E-state index is 4.27. The first-order valence-electron chi connectivity index (χ1n) is 5.21. The molecule has 2 rings (SSSR count). The van der Waals surface area contributed by atoms with E-state index in [2.05, 4.69) is 54.3 Å². The van der Waals surface area contributed by atoms with E-state index in [4.69, 9.17) is 0 Å². The van der Waals surface area contributed by atoms with E-state index in [1.807, 2.05) is 19.2 Å². The number of rotatable bonds is 4. The van der Waals surface area contributed by atoms with Crippen LogP contribution in [0.5, 0.6) is 0 Å². The fourth-order valence-electron chi connectivity index (χ4n) is 1.41. The lowest BCUT2D eigenvalue weighted by Crippen LogP contribution is -2.11. The number of hydrogen-bond donors (Lipinski definition) is 1. The van der Waals surface area contributed by atoms with Crippen molar-refractivity contribution in [2.24, 2.45) is 0 Å². The van der Waals surface area contributed by atoms with Gasteiger partial charge in [0.15, 0.2) is 0 Å². The van der Waals surface area contributed by atoms with E-state index in [0.29, 0.717) is 0 Å². The molecule has 0 aliphatic carbocycles. The number of halogens is 2. The van der Waals surface area contributed by atoms with Crippen molar-refractivity contribution in [2.75, 3.05) is 0 Å². The van der Waals surface area contributed by atoms with Gasteiger partial charge in [0.1, 0.15) is 0 Å². The number of pyridine rings is 1. The molecule has 2 aromatic rings. The summed E-state index contributed by atoms with van der Waals surface area (Å²) in [5.41, 5.74) is 2.27. The van der Waals surface area contributed by atoms with Crippen LogP contribution in [0.15, 0.2) is 32.7 Å². The standard InChI is InChI=1S/C12H12Br2N2S/c1-8-2-3-9(6-16-8)5-15-7-10-4-11(13)12(14)17-10/h2-4,6,15H,5,7H2,1H3. The van der Waals surface area contributed by atoms with Gasteiger partial charge in [0.25, 0.3) is 0 Å². The first kappa shape index (κ1) is 13.2. The van der Waals surface area contributed by atoms with Crippen LogP contribution in [0, 0.1) is 6.92 Å². The third-order valence-corrected chi connectivity index (χ3v) is 5.55. The van der Waals surface area contributed by atoms with Crippen LogP contribution in [0.2, 0.25) is 0 Å². The largest absolute Gasteiger partial charge is 0.308 e. The number of nitrogens with one attached hydrogen (secondary N) is 1. The normalized spacial score (nSPS) is 10.8. The van der Waals surface area contributed by atoms with Crippen molar-refractivity contribution in [3.63, 3.8) is 0 Å². The molecule has 0 fully saturated rings. The fraction of sp³-hybridized carbons (Fsp3) is 0.250. The summed E-state index contributed by atoms with van der Waals surface area (Å²) in [5.74, 6) is 0. The van der Waals surface area contributed by atoms with Gasteiger partial charge in [-0.05, 0) is 56.5 Å². The molecule has 0 aliphatic heterocycles. The van der Waals surface area contributed by atoms with E-state index in [9.17, 15) is 0 Å². The third kappa shape index (κ3) is 3.88. The molecule has 2 heterocycles. The van der Waals surface area contributed by atoms with Crippen LogP contribution in [0.3, 0.4) is 0 Å². The van der Waals surface area contributed by atoms with E-state index >= 15 is 0 Å². The minimum absolute atomic E-state index is 0.848. The van der Waals surface area contributed by atoms with Crippen molar-refractivity contribution in [1.29, 1.82) is 0 Å². The lowest BCUT2D eigenvalue weighted by molar-refractivity contribution is 0.698. The van der Waals surface area contributed by atoms with Gasteiger partial charge in [0.05, 0.1) is 3.79 Å². The maximum Gasteiger partial charge on any atom is 0.0843 e. The molecule has 1 N–H and O–H groups in total. The molecule has 0 radical (unpaired) electrons. The Morgan fingerprint density at radius 3 is 2.71 bits per heavy atom. The third-order valence-electron chi connectivity index (χ3n) is 2.30. The van der Waals surface area contributed by atoms with Gasteiger partial charge < -0.3 is 5.32 Å². The quantitative estimate of drug-likeness (QED) is 0.863. The predicted octanol–water partition coefficient (Wildman–Crippen LogP) is 4.27. The van der Waals surface area contributed by atoms with E-state index in [0.717, 1.165) is 27.0 Å². The highest BCUT2D eigenvalue weighted by molar-refractivity contribution is 9.13. The number of aromatic nitrogens is 1. The summed E-state index contributed by atoms with van der Waals surface area (Å²) in [7, 11) is 0. The summed E-state index contributed by atoms with van der Waals surface area (Å²) >= 11 is 8.72. The number of thiophene rings is 1. The van der Waals surface area contributed by atoms with Gasteiger partial charge in [0.2, 0.25) is 0 Å². The molecule has 0 amide bonds. The minimum Gasteiger partial charge on any atom is -0.308 e. The summed E-state index contributed by atoms with van der Waals surface area (Å²) in [6.45, 7) is 3.72. The molecule has 17 heavy (non-hydrogen) atoms. The topological polar surface area (TPSA) is 24.9 Å². The van der Waals surface area contributed by atoms with Crippen molar-refractivity contribution in [2.45, 2.75) is 20.0 Å². The van der Waals surface area contributed by atoms with Crippen molar-refractivity contribution in [1.82, 2.24) is 10.3 Å². The molecule has 5 heteroatoms. The Labute approximate surface area is 122 Å². The monoisotopic (exact) mass is 374 g/mol. The molecule has 0 aliphatic rings. The molecule has 0 spiro atoms. The lowest BCUT2D eigenvalue weighted by atomic mass is 10.2. The highest BCUT2D eigenvalue weighted by Gasteiger charge is 2.03. The molecule has 90 valence electrons. The van der Waals surface area contributed by atoms with Gasteiger partial charge in [-0.25, -0.2) is 0 Å². The summed E-state index contributed by atoms with van der Waals surface area (Å²) in [4.78, 5) is 5.58. The number of aryl methyl sites for hydroxylation is 1. The Balaban J connectivity index is 1.85. The van der Waals surface area contributed by atoms with Gasteiger partial charge in [-0.2, -0.15) is 0 Å². The Morgan fingerprint density at radius 1 is 1.29 bits per heavy atom. The first-order chi connectivity index (χ1) is 8.15. The average Bonchev–Trinajstić information content (AvgIpc) is 2.61. The second-order valence-electron chi connectivity index (χ2n) is 3.75. The predicted molar refractivity (Wildman–Crippen MR) is 79.2 cm³/mol. The summed E-state index contributed by atoms with van der Waals surface area (Å²) in [6, 6.07) is 6.28. The van der Waals surface area contributed by atoms with Crippen LogP contribution in [0.4, 0.5) is 0 Å². The van der Waals surface area contributed by atoms with Crippen LogP contribution in [0.25, 0.3) is 0 Å². The van der Waals surface area contributed by atoms with Crippen molar-refractivity contribution < 1.29 is 0 Å². The summed E-state index contributed by atoms with van der Waals surface area (Å²) in [6.07, 6.45) is 1.92. The smallest absolute Gasteiger partial charge is 0.0843 e. The van der Waals surface area contributed by atoms with Crippen LogP contribution >= 0.6 is 43.2 Å². The lowest BCUT2D eigenvalue weighted by Gasteiger charge is -2.03. The molecule has 2 nitrogen and oxygen atoms in total. The van der Waals surface area contributed by atoms with Gasteiger partial charge >= 0.3 is 0 Å². The van der Waals surface area contributed by atoms with Gasteiger partial charge in [-0.3, -0.25) is 4.98 Å². The van der Waals surface area contributed by atoms with Crippen LogP contribution in [-0.2, 0) is 13.1 Å². The minimum atomic E-state index is 0.848. The maximum atomic E-state index is 4.27. The zero-order valence-electron chi connectivity index (χ0n) is 9.34. The second-order valence-corrected chi connectivity index (χ2v) is 7.05. The highest BCUT2D eigenvalue weighted by Crippen LogP contribution is 2.32. The molecule has 0 bridgehead atoms. The van der Waals surface area contributed by atoms with Crippen molar-refractivity contribution in [3.05, 3.63) is 48.8 Å². The van der Waals surface area contributed by atoms with Crippen LogP contribution < -0.4 is 5.32 Å². The zero-order valence-corrected chi connectivity index (χ0v) is 13.3. The molecule has 0 saturated heterocycles. The Bertz CT molecular complexity index is 474. The SMILES string of the molecule is Cc1ccc(CNCc2cc(Br)c(Br)s2)cn1.